The van der Waals surface area contributed by atoms with Crippen molar-refractivity contribution < 1.29 is 9.47 Å². The summed E-state index contributed by atoms with van der Waals surface area (Å²) in [6.07, 6.45) is 15.6. The topological polar surface area (TPSA) is 65.0 Å². The van der Waals surface area contributed by atoms with Gasteiger partial charge in [-0.2, -0.15) is 0 Å². The lowest BCUT2D eigenvalue weighted by atomic mass is 9.82. The fourth-order valence-corrected chi connectivity index (χ4v) is 4.93. The van der Waals surface area contributed by atoms with Gasteiger partial charge in [0.25, 0.3) is 0 Å². The van der Waals surface area contributed by atoms with Crippen LogP contribution >= 0.6 is 0 Å². The zero-order valence-corrected chi connectivity index (χ0v) is 17.1. The Labute approximate surface area is 180 Å². The number of aromatic amines is 1. The number of imidazole rings is 1. The first kappa shape index (κ1) is 18.2. The highest BCUT2D eigenvalue weighted by Crippen LogP contribution is 2.42. The first-order chi connectivity index (χ1) is 15.4. The van der Waals surface area contributed by atoms with Gasteiger partial charge >= 0.3 is 0 Å². The highest BCUT2D eigenvalue weighted by Gasteiger charge is 2.37. The van der Waals surface area contributed by atoms with Crippen molar-refractivity contribution >= 4 is 10.9 Å². The van der Waals surface area contributed by atoms with Gasteiger partial charge in [0.1, 0.15) is 12.7 Å². The van der Waals surface area contributed by atoms with Gasteiger partial charge in [0, 0.05) is 35.2 Å². The van der Waals surface area contributed by atoms with Crippen LogP contribution in [0.15, 0.2) is 73.7 Å². The molecule has 0 spiro atoms. The average Bonchev–Trinajstić information content (AvgIpc) is 3.56. The maximum Gasteiger partial charge on any atom is 0.214 e. The Bertz CT molecular complexity index is 1230. The molecule has 3 atom stereocenters. The normalized spacial score (nSPS) is 22.4. The molecule has 6 rings (SSSR count). The highest BCUT2D eigenvalue weighted by molar-refractivity contribution is 5.94. The number of pyridine rings is 1. The summed E-state index contributed by atoms with van der Waals surface area (Å²) in [6.45, 7) is 0.495. The molecule has 1 saturated carbocycles. The summed E-state index contributed by atoms with van der Waals surface area (Å²) in [5.74, 6) is 1.02. The number of nitrogens with one attached hydrogen (secondary N) is 1. The number of hydrogen-bond acceptors (Lipinski definition) is 4. The molecule has 156 valence electrons. The van der Waals surface area contributed by atoms with Crippen molar-refractivity contribution in [2.24, 2.45) is 5.92 Å². The average molecular weight is 412 g/mol. The Hall–Kier alpha value is -3.54. The summed E-state index contributed by atoms with van der Waals surface area (Å²) < 4.78 is 14.1. The van der Waals surface area contributed by atoms with Crippen molar-refractivity contribution in [3.05, 3.63) is 79.2 Å². The summed E-state index contributed by atoms with van der Waals surface area (Å²) in [7, 11) is 0. The van der Waals surface area contributed by atoms with Gasteiger partial charge in [-0.05, 0) is 30.9 Å². The van der Waals surface area contributed by atoms with Crippen LogP contribution < -0.4 is 4.74 Å². The van der Waals surface area contributed by atoms with Crippen molar-refractivity contribution in [1.29, 1.82) is 0 Å². The second-order valence-electron chi connectivity index (χ2n) is 8.31. The van der Waals surface area contributed by atoms with E-state index in [0.717, 1.165) is 40.6 Å². The predicted molar refractivity (Wildman–Crippen MR) is 118 cm³/mol. The van der Waals surface area contributed by atoms with Gasteiger partial charge in [-0.15, -0.1) is 0 Å². The van der Waals surface area contributed by atoms with Gasteiger partial charge in [0.2, 0.25) is 5.88 Å². The molecule has 3 unspecified atom stereocenters. The van der Waals surface area contributed by atoms with Crippen LogP contribution in [-0.2, 0) is 11.3 Å². The number of nitrogens with zero attached hydrogens (tertiary/aromatic N) is 3. The zero-order chi connectivity index (χ0) is 20.6. The summed E-state index contributed by atoms with van der Waals surface area (Å²) in [5.41, 5.74) is 4.33. The maximum absolute atomic E-state index is 5.97. The van der Waals surface area contributed by atoms with Crippen LogP contribution in [0.5, 0.6) is 5.88 Å². The Kier molecular flexibility index (Phi) is 4.48. The fourth-order valence-electron chi connectivity index (χ4n) is 4.93. The van der Waals surface area contributed by atoms with Crippen LogP contribution in [0.25, 0.3) is 22.2 Å². The maximum atomic E-state index is 5.97. The number of fused-ring (bicyclic) bond motifs is 2. The largest absolute Gasteiger partial charge is 0.498 e. The molecule has 1 aliphatic heterocycles. The summed E-state index contributed by atoms with van der Waals surface area (Å²) in [5, 5.41) is 1.09. The molecule has 1 aliphatic carbocycles. The van der Waals surface area contributed by atoms with E-state index in [-0.39, 0.29) is 0 Å². The monoisotopic (exact) mass is 412 g/mol. The van der Waals surface area contributed by atoms with E-state index in [1.165, 1.54) is 6.42 Å². The molecule has 6 nitrogen and oxygen atoms in total. The third-order valence-electron chi connectivity index (χ3n) is 6.49. The molecule has 0 saturated heterocycles. The lowest BCUT2D eigenvalue weighted by Crippen LogP contribution is -2.31. The van der Waals surface area contributed by atoms with Crippen molar-refractivity contribution in [2.45, 2.75) is 38.0 Å². The quantitative estimate of drug-likeness (QED) is 0.486. The fraction of sp³-hybridized carbons (Fsp3) is 0.280. The van der Waals surface area contributed by atoms with Gasteiger partial charge in [-0.3, -0.25) is 0 Å². The lowest BCUT2D eigenvalue weighted by molar-refractivity contribution is 0.0731. The Morgan fingerprint density at radius 2 is 2.10 bits per heavy atom. The molecule has 1 aromatic carbocycles. The van der Waals surface area contributed by atoms with Crippen LogP contribution in [0.2, 0.25) is 0 Å². The van der Waals surface area contributed by atoms with E-state index in [0.29, 0.717) is 30.6 Å². The molecule has 31 heavy (non-hydrogen) atoms. The van der Waals surface area contributed by atoms with Crippen molar-refractivity contribution in [1.82, 2.24) is 19.5 Å². The standard InChI is InChI=1S/C25H24N4O2/c1-2-5-17(6-3-1)15-31-25-11-19-20(12-27-21(19)13-28-25)23-14-26-16-29(23)22-7-4-8-24-18(22)9-10-30-24/h1-3,5-6,9-14,16,18,22,24,27H,4,7-8,15H2. The van der Waals surface area contributed by atoms with Crippen LogP contribution in [-0.4, -0.2) is 25.6 Å². The molecule has 0 radical (unpaired) electrons. The highest BCUT2D eigenvalue weighted by atomic mass is 16.5. The molecule has 3 aromatic heterocycles. The first-order valence-corrected chi connectivity index (χ1v) is 10.8. The molecule has 2 aliphatic rings. The third-order valence-corrected chi connectivity index (χ3v) is 6.49. The summed E-state index contributed by atoms with van der Waals surface area (Å²) >= 11 is 0. The van der Waals surface area contributed by atoms with Gasteiger partial charge in [-0.1, -0.05) is 30.3 Å². The zero-order valence-electron chi connectivity index (χ0n) is 17.1. The van der Waals surface area contributed by atoms with Crippen LogP contribution in [0.4, 0.5) is 0 Å². The van der Waals surface area contributed by atoms with Crippen LogP contribution in [0.1, 0.15) is 30.9 Å². The Balaban J connectivity index is 1.33. The Morgan fingerprint density at radius 1 is 1.16 bits per heavy atom. The first-order valence-electron chi connectivity index (χ1n) is 10.8. The number of H-pyrrole nitrogens is 1. The minimum absolute atomic E-state index is 0.291. The molecular formula is C25H24N4O2. The van der Waals surface area contributed by atoms with Crippen molar-refractivity contribution in [3.63, 3.8) is 0 Å². The molecule has 6 heteroatoms. The molecular weight excluding hydrogens is 388 g/mol. The molecule has 0 amide bonds. The summed E-state index contributed by atoms with van der Waals surface area (Å²) in [4.78, 5) is 12.3. The summed E-state index contributed by atoms with van der Waals surface area (Å²) in [6, 6.07) is 12.5. The predicted octanol–water partition coefficient (Wildman–Crippen LogP) is 5.26. The minimum Gasteiger partial charge on any atom is -0.498 e. The Morgan fingerprint density at radius 3 is 3.03 bits per heavy atom. The van der Waals surface area contributed by atoms with E-state index < -0.39 is 0 Å². The van der Waals surface area contributed by atoms with Gasteiger partial charge in [0.15, 0.2) is 0 Å². The molecule has 1 fully saturated rings. The van der Waals surface area contributed by atoms with Gasteiger partial charge in [0.05, 0.1) is 36.2 Å². The van der Waals surface area contributed by atoms with Crippen LogP contribution in [0, 0.1) is 5.92 Å². The number of aromatic nitrogens is 4. The third kappa shape index (κ3) is 3.28. The van der Waals surface area contributed by atoms with E-state index in [2.05, 4.69) is 37.7 Å². The van der Waals surface area contributed by atoms with Crippen molar-refractivity contribution in [2.75, 3.05) is 0 Å². The lowest BCUT2D eigenvalue weighted by Gasteiger charge is -2.34. The number of hydrogen-bond donors (Lipinski definition) is 1. The van der Waals surface area contributed by atoms with E-state index >= 15 is 0 Å². The van der Waals surface area contributed by atoms with Crippen molar-refractivity contribution in [3.8, 4) is 17.1 Å². The van der Waals surface area contributed by atoms with E-state index in [1.54, 1.807) is 0 Å². The SMILES string of the molecule is C1=CC2C(CCCC2n2cncc2-c2c[nH]c3cnc(OCc4ccccc4)cc23)O1. The second kappa shape index (κ2) is 7.61. The second-order valence-corrected chi connectivity index (χ2v) is 8.31. The number of benzene rings is 1. The minimum atomic E-state index is 0.291. The van der Waals surface area contributed by atoms with E-state index in [9.17, 15) is 0 Å². The van der Waals surface area contributed by atoms with Crippen LogP contribution in [0.3, 0.4) is 0 Å². The smallest absolute Gasteiger partial charge is 0.214 e. The molecule has 1 N–H and O–H groups in total. The molecule has 4 heterocycles. The molecule has 0 bridgehead atoms. The van der Waals surface area contributed by atoms with E-state index in [4.69, 9.17) is 9.47 Å². The van der Waals surface area contributed by atoms with Gasteiger partial charge in [-0.25, -0.2) is 9.97 Å². The van der Waals surface area contributed by atoms with E-state index in [1.807, 2.05) is 55.4 Å². The molecule has 4 aromatic rings. The number of rotatable bonds is 5. The number of ether oxygens (including phenoxy) is 2. The van der Waals surface area contributed by atoms with Gasteiger partial charge < -0.3 is 19.0 Å².